The Balaban J connectivity index is 1.81. The smallest absolute Gasteiger partial charge is 0.156 e. The average Bonchev–Trinajstić information content (AvgIpc) is 3.01. The molecule has 2 atom stereocenters. The van der Waals surface area contributed by atoms with Crippen LogP contribution in [0.5, 0.6) is 0 Å². The number of hydrogen-bond acceptors (Lipinski definition) is 3. The van der Waals surface area contributed by atoms with Crippen molar-refractivity contribution in [3.63, 3.8) is 0 Å². The van der Waals surface area contributed by atoms with Crippen molar-refractivity contribution >= 4 is 16.9 Å². The highest BCUT2D eigenvalue weighted by Gasteiger charge is 2.23. The minimum atomic E-state index is 0.349. The zero-order valence-electron chi connectivity index (χ0n) is 13.4. The molecule has 1 aromatic heterocycles. The Hall–Kier alpha value is -1.03. The largest absolute Gasteiger partial charge is 0.362 e. The number of nitrogens with one attached hydrogen (secondary N) is 1. The third-order valence-corrected chi connectivity index (χ3v) is 5.46. The lowest BCUT2D eigenvalue weighted by Crippen LogP contribution is -2.34. The maximum atomic E-state index is 4.43. The molecular formula is C17H27N3S. The maximum Gasteiger partial charge on any atom is 0.156 e. The second-order valence-electron chi connectivity index (χ2n) is 5.97. The average molecular weight is 305 g/mol. The lowest BCUT2D eigenvalue weighted by Gasteiger charge is -2.22. The standard InChI is InChI=1S/C17H27N3S/c1-13(12-16-10-6-7-11-19-16)20-17(18-3)21-14(2)15-8-4-5-9-15/h6-7,10-11,13-15H,4-5,8-9,12H2,1-3H3,(H,18,20). The van der Waals surface area contributed by atoms with Crippen LogP contribution in [0.4, 0.5) is 0 Å². The Labute approximate surface area is 133 Å². The lowest BCUT2D eigenvalue weighted by atomic mass is 10.1. The number of pyridine rings is 1. The van der Waals surface area contributed by atoms with Gasteiger partial charge >= 0.3 is 0 Å². The summed E-state index contributed by atoms with van der Waals surface area (Å²) >= 11 is 1.90. The summed E-state index contributed by atoms with van der Waals surface area (Å²) in [4.78, 5) is 8.82. The zero-order valence-corrected chi connectivity index (χ0v) is 14.2. The zero-order chi connectivity index (χ0) is 15.1. The highest BCUT2D eigenvalue weighted by Crippen LogP contribution is 2.33. The van der Waals surface area contributed by atoms with Crippen LogP contribution in [0.1, 0.15) is 45.2 Å². The molecule has 1 fully saturated rings. The molecule has 2 unspecified atom stereocenters. The summed E-state index contributed by atoms with van der Waals surface area (Å²) in [5.41, 5.74) is 1.13. The fourth-order valence-corrected chi connectivity index (χ4v) is 4.14. The molecular weight excluding hydrogens is 278 g/mol. The third kappa shape index (κ3) is 5.34. The van der Waals surface area contributed by atoms with Crippen LogP contribution in [0.2, 0.25) is 0 Å². The number of amidine groups is 1. The minimum absolute atomic E-state index is 0.349. The fourth-order valence-electron chi connectivity index (χ4n) is 2.94. The molecule has 1 N–H and O–H groups in total. The highest BCUT2D eigenvalue weighted by atomic mass is 32.2. The summed E-state index contributed by atoms with van der Waals surface area (Å²) in [5.74, 6) is 0.861. The van der Waals surface area contributed by atoms with Crippen LogP contribution in [-0.2, 0) is 6.42 Å². The van der Waals surface area contributed by atoms with Gasteiger partial charge in [0.15, 0.2) is 5.17 Å². The highest BCUT2D eigenvalue weighted by molar-refractivity contribution is 8.14. The number of aromatic nitrogens is 1. The molecule has 0 aliphatic heterocycles. The molecule has 0 bridgehead atoms. The van der Waals surface area contributed by atoms with Gasteiger partial charge in [-0.05, 0) is 37.8 Å². The Kier molecular flexibility index (Phi) is 6.55. The molecule has 2 rings (SSSR count). The number of aliphatic imine (C=N–C) groups is 1. The molecule has 0 spiro atoms. The molecule has 116 valence electrons. The van der Waals surface area contributed by atoms with Crippen molar-refractivity contribution in [2.75, 3.05) is 7.05 Å². The van der Waals surface area contributed by atoms with Gasteiger partial charge in [-0.15, -0.1) is 0 Å². The summed E-state index contributed by atoms with van der Waals surface area (Å²) in [6.07, 6.45) is 8.35. The van der Waals surface area contributed by atoms with Gasteiger partial charge in [0.05, 0.1) is 0 Å². The minimum Gasteiger partial charge on any atom is -0.362 e. The van der Waals surface area contributed by atoms with E-state index < -0.39 is 0 Å². The summed E-state index contributed by atoms with van der Waals surface area (Å²) in [7, 11) is 1.88. The lowest BCUT2D eigenvalue weighted by molar-refractivity contribution is 0.545. The predicted molar refractivity (Wildman–Crippen MR) is 92.9 cm³/mol. The van der Waals surface area contributed by atoms with Gasteiger partial charge in [0.25, 0.3) is 0 Å². The molecule has 4 heteroatoms. The van der Waals surface area contributed by atoms with E-state index in [1.54, 1.807) is 0 Å². The second kappa shape index (κ2) is 8.42. The second-order valence-corrected chi connectivity index (χ2v) is 7.33. The van der Waals surface area contributed by atoms with Gasteiger partial charge in [-0.3, -0.25) is 9.98 Å². The first-order valence-electron chi connectivity index (χ1n) is 7.99. The van der Waals surface area contributed by atoms with E-state index in [1.807, 2.05) is 37.1 Å². The topological polar surface area (TPSA) is 37.3 Å². The first kappa shape index (κ1) is 16.3. The molecule has 0 amide bonds. The van der Waals surface area contributed by atoms with E-state index in [0.29, 0.717) is 11.3 Å². The summed E-state index contributed by atoms with van der Waals surface area (Å²) in [6, 6.07) is 6.43. The van der Waals surface area contributed by atoms with Gasteiger partial charge in [-0.2, -0.15) is 0 Å². The molecule has 0 radical (unpaired) electrons. The molecule has 1 aliphatic carbocycles. The van der Waals surface area contributed by atoms with E-state index >= 15 is 0 Å². The Morgan fingerprint density at radius 3 is 2.76 bits per heavy atom. The molecule has 0 aromatic carbocycles. The number of nitrogens with zero attached hydrogens (tertiary/aromatic N) is 2. The van der Waals surface area contributed by atoms with Crippen molar-refractivity contribution in [2.45, 2.75) is 57.2 Å². The van der Waals surface area contributed by atoms with Crippen molar-refractivity contribution in [1.82, 2.24) is 10.3 Å². The van der Waals surface area contributed by atoms with Crippen molar-refractivity contribution in [1.29, 1.82) is 0 Å². The van der Waals surface area contributed by atoms with Crippen LogP contribution >= 0.6 is 11.8 Å². The van der Waals surface area contributed by atoms with E-state index in [-0.39, 0.29) is 0 Å². The van der Waals surface area contributed by atoms with E-state index in [1.165, 1.54) is 25.7 Å². The molecule has 1 aliphatic rings. The monoisotopic (exact) mass is 305 g/mol. The molecule has 21 heavy (non-hydrogen) atoms. The van der Waals surface area contributed by atoms with Crippen LogP contribution in [-0.4, -0.2) is 28.5 Å². The maximum absolute atomic E-state index is 4.43. The Morgan fingerprint density at radius 2 is 2.14 bits per heavy atom. The SMILES string of the molecule is C/N=C(/NC(C)Cc1ccccn1)SC(C)C1CCCC1. The van der Waals surface area contributed by atoms with Gasteiger partial charge in [0, 0.05) is 36.7 Å². The summed E-state index contributed by atoms with van der Waals surface area (Å²) in [6.45, 7) is 4.54. The van der Waals surface area contributed by atoms with Gasteiger partial charge in [-0.25, -0.2) is 0 Å². The number of hydrogen-bond donors (Lipinski definition) is 1. The Bertz CT molecular complexity index is 441. The van der Waals surface area contributed by atoms with Crippen LogP contribution in [0, 0.1) is 5.92 Å². The number of thioether (sulfide) groups is 1. The first-order valence-corrected chi connectivity index (χ1v) is 8.87. The summed E-state index contributed by atoms with van der Waals surface area (Å²) < 4.78 is 0. The summed E-state index contributed by atoms with van der Waals surface area (Å²) in [5, 5.41) is 5.26. The van der Waals surface area contributed by atoms with Crippen LogP contribution in [0.3, 0.4) is 0 Å². The van der Waals surface area contributed by atoms with E-state index in [0.717, 1.165) is 23.2 Å². The van der Waals surface area contributed by atoms with Crippen molar-refractivity contribution in [3.8, 4) is 0 Å². The van der Waals surface area contributed by atoms with Gasteiger partial charge in [0.1, 0.15) is 0 Å². The predicted octanol–water partition coefficient (Wildman–Crippen LogP) is 3.90. The van der Waals surface area contributed by atoms with E-state index in [9.17, 15) is 0 Å². The quantitative estimate of drug-likeness (QED) is 0.662. The van der Waals surface area contributed by atoms with Crippen LogP contribution in [0.25, 0.3) is 0 Å². The van der Waals surface area contributed by atoms with Gasteiger partial charge < -0.3 is 5.32 Å². The van der Waals surface area contributed by atoms with Crippen LogP contribution in [0.15, 0.2) is 29.4 Å². The molecule has 0 saturated heterocycles. The van der Waals surface area contributed by atoms with Gasteiger partial charge in [-0.1, -0.05) is 37.6 Å². The molecule has 3 nitrogen and oxygen atoms in total. The normalized spacial score (nSPS) is 19.5. The first-order chi connectivity index (χ1) is 10.2. The number of rotatable bonds is 5. The van der Waals surface area contributed by atoms with Crippen molar-refractivity contribution in [2.24, 2.45) is 10.9 Å². The molecule has 1 heterocycles. The van der Waals surface area contributed by atoms with E-state index in [2.05, 4.69) is 35.2 Å². The van der Waals surface area contributed by atoms with Crippen molar-refractivity contribution in [3.05, 3.63) is 30.1 Å². The van der Waals surface area contributed by atoms with Crippen molar-refractivity contribution < 1.29 is 0 Å². The Morgan fingerprint density at radius 1 is 1.38 bits per heavy atom. The fraction of sp³-hybridized carbons (Fsp3) is 0.647. The van der Waals surface area contributed by atoms with E-state index in [4.69, 9.17) is 0 Å². The molecule has 1 aromatic rings. The van der Waals surface area contributed by atoms with Crippen LogP contribution < -0.4 is 5.32 Å². The third-order valence-electron chi connectivity index (χ3n) is 4.18. The molecule has 1 saturated carbocycles. The van der Waals surface area contributed by atoms with Gasteiger partial charge in [0.2, 0.25) is 0 Å².